The summed E-state index contributed by atoms with van der Waals surface area (Å²) in [5.41, 5.74) is 5.51. The van der Waals surface area contributed by atoms with E-state index in [9.17, 15) is 13.2 Å². The molecule has 0 aliphatic heterocycles. The second kappa shape index (κ2) is 9.54. The van der Waals surface area contributed by atoms with Gasteiger partial charge in [0.2, 0.25) is 0 Å². The van der Waals surface area contributed by atoms with Crippen LogP contribution in [0.5, 0.6) is 0 Å². The number of carbonyl (C=O) groups is 1. The van der Waals surface area contributed by atoms with Crippen molar-refractivity contribution >= 4 is 16.2 Å². The fraction of sp³-hybridized carbons (Fsp3) is 0.240. The molecule has 0 aromatic heterocycles. The number of nitrogens with one attached hydrogen (secondary N) is 1. The molecule has 1 atom stereocenters. The Bertz CT molecular complexity index is 1150. The molecule has 32 heavy (non-hydrogen) atoms. The zero-order chi connectivity index (χ0) is 22.6. The molecule has 0 bridgehead atoms. The standard InChI is InChI=1S/C25H25NO5S/c1-32(28,29)31-16-19(15-18-9-3-2-4-10-18)26-25(27)30-17-24-22-13-7-5-11-20(22)21-12-6-8-14-23(21)24/h2-14,19,24H,15-17H2,1H3,(H,26,27)/t19-/m0/s1. The van der Waals surface area contributed by atoms with Crippen LogP contribution in [-0.2, 0) is 25.5 Å². The van der Waals surface area contributed by atoms with Gasteiger partial charge in [0.1, 0.15) is 6.61 Å². The predicted octanol–water partition coefficient (Wildman–Crippen LogP) is 4.11. The molecule has 1 N–H and O–H groups in total. The summed E-state index contributed by atoms with van der Waals surface area (Å²) in [6.07, 6.45) is 0.797. The van der Waals surface area contributed by atoms with Gasteiger partial charge >= 0.3 is 6.09 Å². The lowest BCUT2D eigenvalue weighted by Gasteiger charge is -2.20. The third-order valence-electron chi connectivity index (χ3n) is 5.47. The maximum Gasteiger partial charge on any atom is 0.407 e. The summed E-state index contributed by atoms with van der Waals surface area (Å²) in [7, 11) is -3.63. The van der Waals surface area contributed by atoms with E-state index < -0.39 is 22.3 Å². The Kier molecular flexibility index (Phi) is 6.58. The highest BCUT2D eigenvalue weighted by Gasteiger charge is 2.29. The van der Waals surface area contributed by atoms with E-state index in [1.165, 1.54) is 0 Å². The summed E-state index contributed by atoms with van der Waals surface area (Å²) in [5, 5.41) is 2.76. The van der Waals surface area contributed by atoms with Crippen LogP contribution in [-0.4, -0.2) is 40.0 Å². The van der Waals surface area contributed by atoms with Crippen molar-refractivity contribution in [3.63, 3.8) is 0 Å². The average Bonchev–Trinajstić information content (AvgIpc) is 3.10. The lowest BCUT2D eigenvalue weighted by molar-refractivity contribution is 0.134. The highest BCUT2D eigenvalue weighted by atomic mass is 32.2. The number of hydrogen-bond donors (Lipinski definition) is 1. The van der Waals surface area contributed by atoms with Gasteiger partial charge in [-0.05, 0) is 34.2 Å². The van der Waals surface area contributed by atoms with Crippen molar-refractivity contribution in [3.8, 4) is 11.1 Å². The van der Waals surface area contributed by atoms with Gasteiger partial charge in [0.25, 0.3) is 10.1 Å². The van der Waals surface area contributed by atoms with Gasteiger partial charge in [0.05, 0.1) is 18.9 Å². The van der Waals surface area contributed by atoms with Crippen LogP contribution in [0.15, 0.2) is 78.9 Å². The molecule has 7 heteroatoms. The lowest BCUT2D eigenvalue weighted by Crippen LogP contribution is -2.41. The van der Waals surface area contributed by atoms with Crippen LogP contribution in [0, 0.1) is 0 Å². The molecule has 0 fully saturated rings. The van der Waals surface area contributed by atoms with Crippen LogP contribution in [0.25, 0.3) is 11.1 Å². The molecule has 1 amide bonds. The minimum Gasteiger partial charge on any atom is -0.449 e. The van der Waals surface area contributed by atoms with E-state index in [-0.39, 0.29) is 19.1 Å². The molecular weight excluding hydrogens is 426 g/mol. The molecule has 3 aromatic carbocycles. The number of alkyl carbamates (subject to hydrolysis) is 1. The monoisotopic (exact) mass is 451 g/mol. The number of benzene rings is 3. The van der Waals surface area contributed by atoms with Gasteiger partial charge in [-0.1, -0.05) is 78.9 Å². The van der Waals surface area contributed by atoms with Crippen LogP contribution >= 0.6 is 0 Å². The van der Waals surface area contributed by atoms with E-state index >= 15 is 0 Å². The summed E-state index contributed by atoms with van der Waals surface area (Å²) in [6, 6.07) is 25.2. The predicted molar refractivity (Wildman–Crippen MR) is 123 cm³/mol. The second-order valence-electron chi connectivity index (χ2n) is 7.85. The van der Waals surface area contributed by atoms with Crippen molar-refractivity contribution in [2.45, 2.75) is 18.4 Å². The topological polar surface area (TPSA) is 81.7 Å². The quantitative estimate of drug-likeness (QED) is 0.521. The summed E-state index contributed by atoms with van der Waals surface area (Å²) < 4.78 is 33.4. The molecule has 166 valence electrons. The Balaban J connectivity index is 1.43. The first kappa shape index (κ1) is 22.0. The number of carbonyl (C=O) groups excluding carboxylic acids is 1. The first-order valence-electron chi connectivity index (χ1n) is 10.4. The van der Waals surface area contributed by atoms with Gasteiger partial charge in [0, 0.05) is 5.92 Å². The smallest absolute Gasteiger partial charge is 0.407 e. The van der Waals surface area contributed by atoms with Gasteiger partial charge in [-0.3, -0.25) is 4.18 Å². The molecule has 1 aliphatic rings. The normalized spacial score (nSPS) is 13.8. The molecule has 0 heterocycles. The average molecular weight is 452 g/mol. The summed E-state index contributed by atoms with van der Waals surface area (Å²) in [4.78, 5) is 12.6. The Morgan fingerprint density at radius 3 is 2.06 bits per heavy atom. The van der Waals surface area contributed by atoms with Crippen LogP contribution in [0.4, 0.5) is 4.79 Å². The van der Waals surface area contributed by atoms with Crippen molar-refractivity contribution in [2.75, 3.05) is 19.5 Å². The number of rotatable bonds is 8. The molecule has 0 unspecified atom stereocenters. The van der Waals surface area contributed by atoms with Gasteiger partial charge in [-0.2, -0.15) is 8.42 Å². The van der Waals surface area contributed by atoms with Crippen LogP contribution in [0.3, 0.4) is 0 Å². The second-order valence-corrected chi connectivity index (χ2v) is 9.49. The van der Waals surface area contributed by atoms with E-state index in [0.29, 0.717) is 6.42 Å². The molecular formula is C25H25NO5S. The Morgan fingerprint density at radius 2 is 1.47 bits per heavy atom. The molecule has 0 saturated heterocycles. The van der Waals surface area contributed by atoms with E-state index in [2.05, 4.69) is 29.6 Å². The molecule has 0 spiro atoms. The van der Waals surface area contributed by atoms with Crippen molar-refractivity contribution < 1.29 is 22.1 Å². The fourth-order valence-electron chi connectivity index (χ4n) is 4.06. The highest BCUT2D eigenvalue weighted by molar-refractivity contribution is 7.85. The van der Waals surface area contributed by atoms with Gasteiger partial charge in [-0.15, -0.1) is 0 Å². The van der Waals surface area contributed by atoms with Crippen LogP contribution in [0.2, 0.25) is 0 Å². The summed E-state index contributed by atoms with van der Waals surface area (Å²) in [5.74, 6) is -0.0482. The Morgan fingerprint density at radius 1 is 0.906 bits per heavy atom. The minimum absolute atomic E-state index is 0.0482. The zero-order valence-corrected chi connectivity index (χ0v) is 18.5. The van der Waals surface area contributed by atoms with Gasteiger partial charge in [0.15, 0.2) is 0 Å². The van der Waals surface area contributed by atoms with E-state index in [4.69, 9.17) is 8.92 Å². The maximum absolute atomic E-state index is 12.6. The first-order valence-corrected chi connectivity index (χ1v) is 12.2. The van der Waals surface area contributed by atoms with Crippen molar-refractivity contribution in [1.29, 1.82) is 0 Å². The van der Waals surface area contributed by atoms with Crippen molar-refractivity contribution in [2.24, 2.45) is 0 Å². The van der Waals surface area contributed by atoms with Crippen LogP contribution < -0.4 is 5.32 Å². The van der Waals surface area contributed by atoms with Crippen molar-refractivity contribution in [1.82, 2.24) is 5.32 Å². The first-order chi connectivity index (χ1) is 15.4. The van der Waals surface area contributed by atoms with Crippen molar-refractivity contribution in [3.05, 3.63) is 95.6 Å². The molecule has 0 radical (unpaired) electrons. The molecule has 0 saturated carbocycles. The molecule has 6 nitrogen and oxygen atoms in total. The third-order valence-corrected chi connectivity index (χ3v) is 6.04. The number of ether oxygens (including phenoxy) is 1. The molecule has 4 rings (SSSR count). The maximum atomic E-state index is 12.6. The largest absolute Gasteiger partial charge is 0.449 e. The zero-order valence-electron chi connectivity index (χ0n) is 17.7. The Labute approximate surface area is 188 Å². The number of amides is 1. The number of fused-ring (bicyclic) bond motifs is 3. The lowest BCUT2D eigenvalue weighted by atomic mass is 9.98. The molecule has 1 aliphatic carbocycles. The Hall–Kier alpha value is -3.16. The SMILES string of the molecule is CS(=O)(=O)OC[C@H](Cc1ccccc1)NC(=O)OCC1c2ccccc2-c2ccccc21. The van der Waals surface area contributed by atoms with E-state index in [1.54, 1.807) is 0 Å². The highest BCUT2D eigenvalue weighted by Crippen LogP contribution is 2.44. The van der Waals surface area contributed by atoms with Gasteiger partial charge < -0.3 is 10.1 Å². The minimum atomic E-state index is -3.63. The van der Waals surface area contributed by atoms with Crippen LogP contribution in [0.1, 0.15) is 22.6 Å². The number of hydrogen-bond acceptors (Lipinski definition) is 5. The third kappa shape index (κ3) is 5.36. The molecule has 3 aromatic rings. The van der Waals surface area contributed by atoms with Gasteiger partial charge in [-0.25, -0.2) is 4.79 Å². The fourth-order valence-corrected chi connectivity index (χ4v) is 4.47. The summed E-state index contributed by atoms with van der Waals surface area (Å²) >= 11 is 0. The summed E-state index contributed by atoms with van der Waals surface area (Å²) in [6.45, 7) is 0.0166. The van der Waals surface area contributed by atoms with E-state index in [1.807, 2.05) is 54.6 Å². The van der Waals surface area contributed by atoms with E-state index in [0.717, 1.165) is 34.1 Å².